The molecule has 0 unspecified atom stereocenters. The second-order valence-electron chi connectivity index (χ2n) is 11.7. The Morgan fingerprint density at radius 2 is 1.02 bits per heavy atom. The van der Waals surface area contributed by atoms with E-state index in [1.807, 2.05) is 37.3 Å². The first-order chi connectivity index (χ1) is 24.4. The third-order valence-corrected chi connectivity index (χ3v) is 7.70. The van der Waals surface area contributed by atoms with Gasteiger partial charge in [-0.25, -0.2) is 14.4 Å². The zero-order chi connectivity index (χ0) is 35.8. The van der Waals surface area contributed by atoms with Crippen LogP contribution in [-0.2, 0) is 25.7 Å². The van der Waals surface area contributed by atoms with E-state index in [4.69, 9.17) is 28.4 Å². The lowest BCUT2D eigenvalue weighted by atomic mass is 10.1. The van der Waals surface area contributed by atoms with Crippen LogP contribution in [0.3, 0.4) is 0 Å². The SMILES string of the molecule is C=CC(=O)OCCCCCCCOc1ccc(COc2ccc(OC(=O)c3ccc(OCCCCCCCOC(=O)C=C)cc3)c(C)c2)cc1. The van der Waals surface area contributed by atoms with Gasteiger partial charge >= 0.3 is 17.9 Å². The van der Waals surface area contributed by atoms with Crippen LogP contribution in [0.15, 0.2) is 92.0 Å². The molecular formula is C41H50O9. The molecule has 3 aromatic carbocycles. The van der Waals surface area contributed by atoms with Gasteiger partial charge in [-0.15, -0.1) is 0 Å². The molecule has 0 saturated carbocycles. The Morgan fingerprint density at radius 1 is 0.560 bits per heavy atom. The highest BCUT2D eigenvalue weighted by Crippen LogP contribution is 2.26. The van der Waals surface area contributed by atoms with Crippen LogP contribution in [0, 0.1) is 6.92 Å². The van der Waals surface area contributed by atoms with Gasteiger partial charge in [0, 0.05) is 12.2 Å². The first kappa shape index (κ1) is 39.4. The molecule has 0 saturated heterocycles. The molecule has 0 aromatic heterocycles. The summed E-state index contributed by atoms with van der Waals surface area (Å²) in [7, 11) is 0. The third-order valence-electron chi connectivity index (χ3n) is 7.70. The monoisotopic (exact) mass is 686 g/mol. The lowest BCUT2D eigenvalue weighted by Gasteiger charge is -2.12. The van der Waals surface area contributed by atoms with Crippen LogP contribution in [-0.4, -0.2) is 44.3 Å². The smallest absolute Gasteiger partial charge is 0.343 e. The minimum absolute atomic E-state index is 0.370. The van der Waals surface area contributed by atoms with Gasteiger partial charge in [0.05, 0.1) is 32.0 Å². The molecule has 0 heterocycles. The maximum Gasteiger partial charge on any atom is 0.343 e. The van der Waals surface area contributed by atoms with E-state index in [1.54, 1.807) is 36.4 Å². The highest BCUT2D eigenvalue weighted by Gasteiger charge is 2.12. The number of unbranched alkanes of at least 4 members (excludes halogenated alkanes) is 8. The van der Waals surface area contributed by atoms with Crippen molar-refractivity contribution in [1.29, 1.82) is 0 Å². The van der Waals surface area contributed by atoms with Gasteiger partial charge in [0.2, 0.25) is 0 Å². The van der Waals surface area contributed by atoms with Crippen LogP contribution in [0.4, 0.5) is 0 Å². The summed E-state index contributed by atoms with van der Waals surface area (Å²) in [6.07, 6.45) is 12.1. The standard InChI is InChI=1S/C41H50O9/c1-4-39(42)47-28-14-10-6-8-12-26-45-35-20-16-33(17-21-35)31-49-37-24-25-38(32(3)30-37)50-41(44)34-18-22-36(23-19-34)46-27-13-9-7-11-15-29-48-40(43)5-2/h4-5,16-25,30H,1-2,6-15,26-29,31H2,3H3. The van der Waals surface area contributed by atoms with Crippen LogP contribution in [0.2, 0.25) is 0 Å². The van der Waals surface area contributed by atoms with E-state index >= 15 is 0 Å². The Balaban J connectivity index is 1.29. The number of carbonyl (C=O) groups is 3. The molecule has 0 bridgehead atoms. The molecule has 0 N–H and O–H groups in total. The van der Waals surface area contributed by atoms with Gasteiger partial charge in [-0.05, 0) is 98.3 Å². The van der Waals surface area contributed by atoms with Crippen molar-refractivity contribution in [3.63, 3.8) is 0 Å². The molecule has 3 aromatic rings. The van der Waals surface area contributed by atoms with Crippen molar-refractivity contribution in [2.24, 2.45) is 0 Å². The highest BCUT2D eigenvalue weighted by molar-refractivity contribution is 5.91. The molecule has 3 rings (SSSR count). The maximum atomic E-state index is 12.8. The summed E-state index contributed by atoms with van der Waals surface area (Å²) in [6, 6.07) is 20.2. The van der Waals surface area contributed by atoms with Crippen molar-refractivity contribution < 1.29 is 42.8 Å². The highest BCUT2D eigenvalue weighted by atomic mass is 16.5. The Hall–Kier alpha value is -5.05. The topological polar surface area (TPSA) is 107 Å². The first-order valence-corrected chi connectivity index (χ1v) is 17.4. The summed E-state index contributed by atoms with van der Waals surface area (Å²) in [6.45, 7) is 11.1. The number of rotatable bonds is 25. The van der Waals surface area contributed by atoms with Crippen molar-refractivity contribution in [2.45, 2.75) is 77.7 Å². The molecule has 9 nitrogen and oxygen atoms in total. The predicted octanol–water partition coefficient (Wildman–Crippen LogP) is 8.91. The fraction of sp³-hybridized carbons (Fsp3) is 0.390. The molecule has 0 aliphatic rings. The largest absolute Gasteiger partial charge is 0.494 e. The second kappa shape index (κ2) is 23.3. The fourth-order valence-corrected chi connectivity index (χ4v) is 4.83. The number of ether oxygens (including phenoxy) is 6. The minimum Gasteiger partial charge on any atom is -0.494 e. The van der Waals surface area contributed by atoms with E-state index in [-0.39, 0.29) is 11.9 Å². The van der Waals surface area contributed by atoms with E-state index in [9.17, 15) is 14.4 Å². The summed E-state index contributed by atoms with van der Waals surface area (Å²) in [5.74, 6) is 1.47. The van der Waals surface area contributed by atoms with Crippen molar-refractivity contribution in [3.8, 4) is 23.0 Å². The number of carbonyl (C=O) groups excluding carboxylic acids is 3. The number of esters is 3. The lowest BCUT2D eigenvalue weighted by molar-refractivity contribution is -0.138. The van der Waals surface area contributed by atoms with Gasteiger partial charge in [-0.2, -0.15) is 0 Å². The lowest BCUT2D eigenvalue weighted by Crippen LogP contribution is -2.09. The molecule has 0 atom stereocenters. The molecule has 268 valence electrons. The molecule has 0 fully saturated rings. The van der Waals surface area contributed by atoms with E-state index in [0.717, 1.165) is 81.1 Å². The molecular weight excluding hydrogens is 636 g/mol. The van der Waals surface area contributed by atoms with Crippen LogP contribution < -0.4 is 18.9 Å². The molecule has 9 heteroatoms. The Kier molecular flexibility index (Phi) is 18.4. The van der Waals surface area contributed by atoms with Crippen LogP contribution in [0.25, 0.3) is 0 Å². The third kappa shape index (κ3) is 15.9. The summed E-state index contributed by atoms with van der Waals surface area (Å²) in [5, 5.41) is 0. The Morgan fingerprint density at radius 3 is 1.52 bits per heavy atom. The zero-order valence-corrected chi connectivity index (χ0v) is 29.2. The molecule has 0 radical (unpaired) electrons. The molecule has 50 heavy (non-hydrogen) atoms. The second-order valence-corrected chi connectivity index (χ2v) is 11.7. The summed E-state index contributed by atoms with van der Waals surface area (Å²) < 4.78 is 33.2. The van der Waals surface area contributed by atoms with Crippen molar-refractivity contribution >= 4 is 17.9 Å². The van der Waals surface area contributed by atoms with Crippen LogP contribution in [0.5, 0.6) is 23.0 Å². The van der Waals surface area contributed by atoms with Gasteiger partial charge in [0.1, 0.15) is 29.6 Å². The van der Waals surface area contributed by atoms with Gasteiger partial charge in [0.15, 0.2) is 0 Å². The number of hydrogen-bond acceptors (Lipinski definition) is 9. The Labute approximate surface area is 296 Å². The van der Waals surface area contributed by atoms with Crippen LogP contribution >= 0.6 is 0 Å². The molecule has 0 aliphatic heterocycles. The van der Waals surface area contributed by atoms with E-state index in [1.165, 1.54) is 12.2 Å². The van der Waals surface area contributed by atoms with Crippen molar-refractivity contribution in [1.82, 2.24) is 0 Å². The van der Waals surface area contributed by atoms with Gasteiger partial charge in [-0.3, -0.25) is 0 Å². The quantitative estimate of drug-likeness (QED) is 0.0374. The number of aryl methyl sites for hydroxylation is 1. The molecule has 0 aliphatic carbocycles. The van der Waals surface area contributed by atoms with Gasteiger partial charge in [-0.1, -0.05) is 63.8 Å². The average molecular weight is 687 g/mol. The predicted molar refractivity (Wildman–Crippen MR) is 193 cm³/mol. The van der Waals surface area contributed by atoms with Gasteiger partial charge in [0.25, 0.3) is 0 Å². The molecule has 0 amide bonds. The van der Waals surface area contributed by atoms with E-state index in [0.29, 0.717) is 55.8 Å². The number of hydrogen-bond donors (Lipinski definition) is 0. The summed E-state index contributed by atoms with van der Waals surface area (Å²) in [5.41, 5.74) is 2.23. The van der Waals surface area contributed by atoms with Crippen molar-refractivity contribution in [3.05, 3.63) is 109 Å². The summed E-state index contributed by atoms with van der Waals surface area (Å²) >= 11 is 0. The first-order valence-electron chi connectivity index (χ1n) is 17.4. The maximum absolute atomic E-state index is 12.8. The van der Waals surface area contributed by atoms with Crippen molar-refractivity contribution in [2.75, 3.05) is 26.4 Å². The van der Waals surface area contributed by atoms with Gasteiger partial charge < -0.3 is 28.4 Å². The van der Waals surface area contributed by atoms with Crippen LogP contribution in [0.1, 0.15) is 85.7 Å². The van der Waals surface area contributed by atoms with E-state index in [2.05, 4.69) is 13.2 Å². The zero-order valence-electron chi connectivity index (χ0n) is 29.2. The summed E-state index contributed by atoms with van der Waals surface area (Å²) in [4.78, 5) is 34.8. The average Bonchev–Trinajstić information content (AvgIpc) is 3.14. The Bertz CT molecular complexity index is 1480. The normalized spacial score (nSPS) is 10.5. The molecule has 0 spiro atoms. The van der Waals surface area contributed by atoms with E-state index < -0.39 is 5.97 Å². The minimum atomic E-state index is -0.446. The fourth-order valence-electron chi connectivity index (χ4n) is 4.83. The number of benzene rings is 3.